The molecule has 74 heavy (non-hydrogen) atoms. The first-order valence-corrected chi connectivity index (χ1v) is 21.5. The molecule has 0 radical (unpaired) electrons. The first kappa shape index (κ1) is 65.9. The van der Waals surface area contributed by atoms with E-state index < -0.39 is 29.8 Å². The molecule has 0 spiro atoms. The number of hydrogen-bond donors (Lipinski definition) is 4. The number of methoxy groups -OCH3 is 8. The van der Waals surface area contributed by atoms with Crippen LogP contribution in [0.4, 0.5) is 0 Å². The lowest BCUT2D eigenvalue weighted by molar-refractivity contribution is 0.0590. The Hall–Kier alpha value is -8.14. The van der Waals surface area contributed by atoms with Crippen molar-refractivity contribution in [3.8, 4) is 11.8 Å². The van der Waals surface area contributed by atoms with E-state index in [1.165, 1.54) is 117 Å². The van der Waals surface area contributed by atoms with Crippen molar-refractivity contribution >= 4 is 29.8 Å². The van der Waals surface area contributed by atoms with Gasteiger partial charge in [-0.1, -0.05) is 0 Å². The summed E-state index contributed by atoms with van der Waals surface area (Å²) in [4.78, 5) is 97.3. The lowest BCUT2D eigenvalue weighted by atomic mass is 10.3. The fourth-order valence-electron chi connectivity index (χ4n) is 4.66. The van der Waals surface area contributed by atoms with E-state index >= 15 is 0 Å². The second-order valence-corrected chi connectivity index (χ2v) is 13.6. The van der Waals surface area contributed by atoms with Gasteiger partial charge in [-0.15, -0.1) is 0 Å². The second-order valence-electron chi connectivity index (χ2n) is 13.6. The molecule has 5 heterocycles. The van der Waals surface area contributed by atoms with E-state index in [9.17, 15) is 38.4 Å². The summed E-state index contributed by atoms with van der Waals surface area (Å²) in [7, 11) is 11.7. The predicted octanol–water partition coefficient (Wildman–Crippen LogP) is 1.96. The van der Waals surface area contributed by atoms with E-state index in [4.69, 9.17) is 43.7 Å². The van der Waals surface area contributed by atoms with Crippen LogP contribution in [0.15, 0.2) is 106 Å². The zero-order valence-electron chi connectivity index (χ0n) is 42.2. The Kier molecular flexibility index (Phi) is 36.0. The Balaban J connectivity index is 0.000000882. The van der Waals surface area contributed by atoms with Crippen LogP contribution in [0.25, 0.3) is 0 Å². The zero-order chi connectivity index (χ0) is 55.7. The van der Waals surface area contributed by atoms with Crippen LogP contribution >= 0.6 is 0 Å². The van der Waals surface area contributed by atoms with Gasteiger partial charge < -0.3 is 76.8 Å². The summed E-state index contributed by atoms with van der Waals surface area (Å²) in [6.45, 7) is 3.94. The lowest BCUT2D eigenvalue weighted by Gasteiger charge is -2.06. The number of aromatic nitrogens is 5. The molecule has 5 aromatic rings. The second kappa shape index (κ2) is 40.5. The summed E-state index contributed by atoms with van der Waals surface area (Å²) in [5.74, 6) is -2.52. The number of ether oxygens (including phenoxy) is 10. The summed E-state index contributed by atoms with van der Waals surface area (Å²) in [6.07, 6.45) is 6.75. The molecule has 0 aliphatic carbocycles. The third-order valence-corrected chi connectivity index (χ3v) is 8.42. The Morgan fingerprint density at radius 3 is 1.23 bits per heavy atom. The van der Waals surface area contributed by atoms with Crippen molar-refractivity contribution in [2.75, 3.05) is 110 Å². The molecule has 26 nitrogen and oxygen atoms in total. The molecule has 4 N–H and O–H groups in total. The fourth-order valence-corrected chi connectivity index (χ4v) is 4.66. The van der Waals surface area contributed by atoms with Crippen LogP contribution < -0.4 is 26.2 Å². The van der Waals surface area contributed by atoms with Crippen LogP contribution in [0.1, 0.15) is 51.8 Å². The van der Waals surface area contributed by atoms with Gasteiger partial charge >= 0.3 is 29.8 Å². The van der Waals surface area contributed by atoms with Gasteiger partial charge in [0, 0.05) is 110 Å². The van der Waals surface area contributed by atoms with Crippen molar-refractivity contribution in [1.29, 1.82) is 0 Å². The summed E-state index contributed by atoms with van der Waals surface area (Å²) in [5.41, 5.74) is 0.700. The molecule has 0 saturated carbocycles. The molecule has 0 aromatic carbocycles. The average molecular weight is 1050 g/mol. The molecular formula is C48H63N5O21. The summed E-state index contributed by atoms with van der Waals surface area (Å²) in [5, 5.41) is 25.2. The number of nitrogens with one attached hydrogen (secondary N) is 1. The van der Waals surface area contributed by atoms with Crippen molar-refractivity contribution in [3.63, 3.8) is 0 Å². The maximum atomic E-state index is 11.3. The predicted molar refractivity (Wildman–Crippen MR) is 262 cm³/mol. The van der Waals surface area contributed by atoms with Crippen molar-refractivity contribution in [2.45, 2.75) is 13.1 Å². The van der Waals surface area contributed by atoms with Crippen LogP contribution in [0.2, 0.25) is 0 Å². The van der Waals surface area contributed by atoms with Gasteiger partial charge in [-0.3, -0.25) is 14.4 Å². The molecule has 0 aliphatic heterocycles. The number of carbonyl (C=O) groups excluding carboxylic acids is 3. The highest BCUT2D eigenvalue weighted by Gasteiger charge is 2.09. The number of carboxylic acid groups (broad SMARTS) is 2. The topological polar surface area (TPSA) is 341 Å². The Morgan fingerprint density at radius 2 is 0.865 bits per heavy atom. The number of aromatic carboxylic acids is 2. The highest BCUT2D eigenvalue weighted by molar-refractivity contribution is 5.90. The Morgan fingerprint density at radius 1 is 0.473 bits per heavy atom. The Labute approximate surface area is 424 Å². The van der Waals surface area contributed by atoms with E-state index in [1.807, 2.05) is 0 Å². The van der Waals surface area contributed by atoms with E-state index in [2.05, 4.69) is 33.9 Å². The monoisotopic (exact) mass is 1050 g/mol. The molecule has 0 unspecified atom stereocenters. The highest BCUT2D eigenvalue weighted by Crippen LogP contribution is 2.09. The third-order valence-electron chi connectivity index (χ3n) is 8.42. The first-order valence-electron chi connectivity index (χ1n) is 21.5. The largest absolute Gasteiger partial charge is 0.478 e. The number of H-pyrrole nitrogens is 1. The van der Waals surface area contributed by atoms with Crippen LogP contribution in [0.3, 0.4) is 0 Å². The number of aromatic amines is 1. The number of esters is 3. The summed E-state index contributed by atoms with van der Waals surface area (Å²) < 4.78 is 50.3. The van der Waals surface area contributed by atoms with Crippen molar-refractivity contribution < 1.29 is 86.7 Å². The standard InChI is InChI=1S/2C10H13NO4.2C9H11NO4.C7H7NO3.C3H8O2/c1-13-5-6-15-9-4-3-8(7-11-9)10(12)14-2;1-14-6-5-11-7-8(10(13)15-2)3-4-9(11)12;1-13-4-5-14-8-3-2-7(6-10-8)9(11)12;1-14-5-4-10-6-7(9(12)13)2-3-8(10)11;1-11-7(10)5-2-3-6(9)8-4-5;1-5-3-2-4/h2*3-4,7H,5-6H2,1-2H3;2-3,6H,4-5H2,1H3,(H,11,12);2-3,6H,4-5H2,1H3,(H,12,13);2-4H,1H3,(H,8,9);4H,2-3H2,1H3. The SMILES string of the molecule is COC(=O)c1ccc(=O)[nH]c1.COCCO.COCCOc1ccc(C(=O)O)cn1.COCCOc1ccc(C(=O)OC)cn1.COCCn1cc(C(=O)O)ccc1=O.COCCn1cc(C(=O)OC)ccc1=O. The lowest BCUT2D eigenvalue weighted by Crippen LogP contribution is -2.22. The quantitative estimate of drug-likeness (QED) is 0.0463. The number of pyridine rings is 5. The van der Waals surface area contributed by atoms with Gasteiger partial charge in [0.2, 0.25) is 17.3 Å². The number of rotatable bonds is 21. The van der Waals surface area contributed by atoms with Gasteiger partial charge in [0.1, 0.15) is 13.2 Å². The number of carboxylic acids is 2. The fraction of sp³-hybridized carbons (Fsp3) is 0.375. The van der Waals surface area contributed by atoms with Gasteiger partial charge in [-0.2, -0.15) is 0 Å². The molecule has 0 atom stereocenters. The van der Waals surface area contributed by atoms with Gasteiger partial charge in [0.05, 0.1) is 88.8 Å². The third kappa shape index (κ3) is 28.6. The van der Waals surface area contributed by atoms with Gasteiger partial charge in [0.15, 0.2) is 0 Å². The maximum Gasteiger partial charge on any atom is 0.339 e. The van der Waals surface area contributed by atoms with Crippen LogP contribution in [0.5, 0.6) is 11.8 Å². The van der Waals surface area contributed by atoms with Crippen molar-refractivity contribution in [3.05, 3.63) is 151 Å². The normalized spacial score (nSPS) is 9.69. The number of carbonyl (C=O) groups is 5. The van der Waals surface area contributed by atoms with Crippen LogP contribution in [0, 0.1) is 0 Å². The van der Waals surface area contributed by atoms with Gasteiger partial charge in [-0.25, -0.2) is 33.9 Å². The molecule has 0 saturated heterocycles. The highest BCUT2D eigenvalue weighted by atomic mass is 16.5. The smallest absolute Gasteiger partial charge is 0.339 e. The zero-order valence-corrected chi connectivity index (χ0v) is 42.2. The minimum absolute atomic E-state index is 0.0979. The molecule has 26 heteroatoms. The molecule has 0 fully saturated rings. The average Bonchev–Trinajstić information content (AvgIpc) is 3.41. The minimum Gasteiger partial charge on any atom is -0.478 e. The molecule has 5 aromatic heterocycles. The van der Waals surface area contributed by atoms with Gasteiger partial charge in [-0.05, 0) is 30.3 Å². The Bertz CT molecular complexity index is 2540. The number of aliphatic hydroxyl groups is 1. The molecule has 0 bridgehead atoms. The van der Waals surface area contributed by atoms with Gasteiger partial charge in [0.25, 0.3) is 11.1 Å². The molecule has 0 aliphatic rings. The van der Waals surface area contributed by atoms with Crippen LogP contribution in [-0.4, -0.2) is 179 Å². The van der Waals surface area contributed by atoms with E-state index in [0.29, 0.717) is 87.8 Å². The maximum absolute atomic E-state index is 11.3. The first-order chi connectivity index (χ1) is 35.5. The van der Waals surface area contributed by atoms with E-state index in [1.54, 1.807) is 40.6 Å². The molecular weight excluding hydrogens is 983 g/mol. The molecule has 0 amide bonds. The number of hydrogen-bond acceptors (Lipinski definition) is 21. The summed E-state index contributed by atoms with van der Waals surface area (Å²) >= 11 is 0. The molecule has 406 valence electrons. The van der Waals surface area contributed by atoms with E-state index in [0.717, 1.165) is 0 Å². The van der Waals surface area contributed by atoms with Crippen LogP contribution in [-0.2, 0) is 51.0 Å². The van der Waals surface area contributed by atoms with E-state index in [-0.39, 0.29) is 34.4 Å². The summed E-state index contributed by atoms with van der Waals surface area (Å²) in [6, 6.07) is 14.1. The molecule has 5 rings (SSSR count). The number of nitrogens with zero attached hydrogens (tertiary/aromatic N) is 4. The number of aliphatic hydroxyl groups excluding tert-OH is 1. The van der Waals surface area contributed by atoms with Crippen molar-refractivity contribution in [1.82, 2.24) is 24.1 Å². The minimum atomic E-state index is -1.05. The van der Waals surface area contributed by atoms with Crippen molar-refractivity contribution in [2.24, 2.45) is 0 Å².